The van der Waals surface area contributed by atoms with Gasteiger partial charge in [-0.25, -0.2) is 9.97 Å². The first-order chi connectivity index (χ1) is 18.1. The molecule has 3 N–H and O–H groups in total. The molecule has 3 aromatic rings. The Balaban J connectivity index is 1.49. The van der Waals surface area contributed by atoms with Crippen LogP contribution in [0.4, 0.5) is 11.5 Å². The molecule has 1 aromatic carbocycles. The molecule has 11 heteroatoms. The Bertz CT molecular complexity index is 1450. The molecule has 0 unspecified atom stereocenters. The van der Waals surface area contributed by atoms with Gasteiger partial charge in [0, 0.05) is 48.3 Å². The lowest BCUT2D eigenvalue weighted by atomic mass is 9.90. The average molecular weight is 535 g/mol. The molecule has 2 aliphatic rings. The molecule has 0 saturated carbocycles. The number of rotatable bonds is 5. The lowest BCUT2D eigenvalue weighted by Gasteiger charge is -2.34. The number of aromatic nitrogens is 3. The fourth-order valence-corrected chi connectivity index (χ4v) is 6.23. The van der Waals surface area contributed by atoms with Gasteiger partial charge in [0.05, 0.1) is 36.1 Å². The molecule has 1 fully saturated rings. The Morgan fingerprint density at radius 2 is 1.95 bits per heavy atom. The number of anilines is 2. The van der Waals surface area contributed by atoms with Crippen molar-refractivity contribution in [2.45, 2.75) is 37.5 Å². The summed E-state index contributed by atoms with van der Waals surface area (Å²) in [6.45, 7) is 7.73. The molecule has 1 saturated heterocycles. The number of ether oxygens (including phenoxy) is 1. The number of benzene rings is 1. The summed E-state index contributed by atoms with van der Waals surface area (Å²) in [7, 11) is -2.96. The van der Waals surface area contributed by atoms with E-state index in [0.29, 0.717) is 71.9 Å². The molecule has 0 aliphatic carbocycles. The van der Waals surface area contributed by atoms with E-state index < -0.39 is 16.0 Å². The second-order valence-electron chi connectivity index (χ2n) is 10.0. The minimum atomic E-state index is -2.96. The number of aryl methyl sites for hydroxylation is 2. The van der Waals surface area contributed by atoms with E-state index >= 15 is 0 Å². The van der Waals surface area contributed by atoms with E-state index in [1.54, 1.807) is 26.0 Å². The molecule has 0 bridgehead atoms. The Labute approximate surface area is 223 Å². The van der Waals surface area contributed by atoms with Gasteiger partial charge in [0.1, 0.15) is 4.90 Å². The van der Waals surface area contributed by atoms with Gasteiger partial charge >= 0.3 is 0 Å². The standard InChI is InChI=1S/C27H30N6O4S/c1-17-4-5-19(30-26(34)18-6-8-29-22(14-18)27(2,3)16-28)15-20(17)24-31-21-7-13-38(35,36)23(21)25(32-24)33-9-11-37-12-10-33/h4-6,8,14-15,35-36H,7,9-13H2,1-3H3,(H,30,34). The molecule has 10 nitrogen and oxygen atoms in total. The second-order valence-corrected chi connectivity index (χ2v) is 12.2. The van der Waals surface area contributed by atoms with Gasteiger partial charge in [-0.3, -0.25) is 18.9 Å². The maximum atomic E-state index is 13.1. The molecule has 5 rings (SSSR count). The smallest absolute Gasteiger partial charge is 0.255 e. The van der Waals surface area contributed by atoms with Gasteiger partial charge in [0.25, 0.3) is 5.91 Å². The number of hydrogen-bond donors (Lipinski definition) is 3. The van der Waals surface area contributed by atoms with Crippen molar-refractivity contribution >= 4 is 28.0 Å². The lowest BCUT2D eigenvalue weighted by molar-refractivity contribution is 0.102. The molecule has 2 aromatic heterocycles. The first-order valence-electron chi connectivity index (χ1n) is 12.4. The monoisotopic (exact) mass is 534 g/mol. The molecule has 0 spiro atoms. The molecule has 38 heavy (non-hydrogen) atoms. The summed E-state index contributed by atoms with van der Waals surface area (Å²) in [5.74, 6) is 0.931. The van der Waals surface area contributed by atoms with Gasteiger partial charge in [-0.2, -0.15) is 15.9 Å². The van der Waals surface area contributed by atoms with Gasteiger partial charge < -0.3 is 15.0 Å². The fraction of sp³-hybridized carbons (Fsp3) is 0.370. The highest BCUT2D eigenvalue weighted by atomic mass is 32.3. The second kappa shape index (κ2) is 9.96. The van der Waals surface area contributed by atoms with Gasteiger partial charge in [-0.1, -0.05) is 6.07 Å². The van der Waals surface area contributed by atoms with Gasteiger partial charge in [-0.15, -0.1) is 0 Å². The molecule has 4 heterocycles. The van der Waals surface area contributed by atoms with Crippen molar-refractivity contribution in [1.29, 1.82) is 5.26 Å². The van der Waals surface area contributed by atoms with Crippen molar-refractivity contribution in [3.05, 3.63) is 59.0 Å². The first-order valence-corrected chi connectivity index (χ1v) is 14.1. The summed E-state index contributed by atoms with van der Waals surface area (Å²) in [6, 6.07) is 11.0. The van der Waals surface area contributed by atoms with Crippen molar-refractivity contribution in [3.63, 3.8) is 0 Å². The number of nitrogens with zero attached hydrogens (tertiary/aromatic N) is 5. The number of fused-ring (bicyclic) bond motifs is 1. The van der Waals surface area contributed by atoms with E-state index in [1.807, 2.05) is 30.0 Å². The van der Waals surface area contributed by atoms with Crippen molar-refractivity contribution in [1.82, 2.24) is 15.0 Å². The van der Waals surface area contributed by atoms with Crippen LogP contribution < -0.4 is 10.2 Å². The highest BCUT2D eigenvalue weighted by molar-refractivity contribution is 8.24. The summed E-state index contributed by atoms with van der Waals surface area (Å²) < 4.78 is 27.0. The van der Waals surface area contributed by atoms with Gasteiger partial charge in [0.15, 0.2) is 11.6 Å². The maximum Gasteiger partial charge on any atom is 0.255 e. The van der Waals surface area contributed by atoms with Crippen LogP contribution in [0.25, 0.3) is 11.4 Å². The first kappa shape index (κ1) is 26.1. The Kier molecular flexibility index (Phi) is 6.83. The van der Waals surface area contributed by atoms with Crippen molar-refractivity contribution in [2.75, 3.05) is 42.3 Å². The van der Waals surface area contributed by atoms with Crippen molar-refractivity contribution in [3.8, 4) is 17.5 Å². The van der Waals surface area contributed by atoms with Crippen LogP contribution in [0.5, 0.6) is 0 Å². The summed E-state index contributed by atoms with van der Waals surface area (Å²) in [5.41, 5.74) is 2.97. The van der Waals surface area contributed by atoms with Gasteiger partial charge in [0.2, 0.25) is 0 Å². The van der Waals surface area contributed by atoms with Crippen LogP contribution >= 0.6 is 10.6 Å². The van der Waals surface area contributed by atoms with E-state index in [9.17, 15) is 19.2 Å². The molecule has 198 valence electrons. The third-order valence-corrected chi connectivity index (χ3v) is 8.70. The van der Waals surface area contributed by atoms with Crippen LogP contribution in [0, 0.1) is 18.3 Å². The van der Waals surface area contributed by atoms with E-state index in [0.717, 1.165) is 11.1 Å². The average Bonchev–Trinajstić information content (AvgIpc) is 3.24. The van der Waals surface area contributed by atoms with Crippen molar-refractivity contribution < 1.29 is 18.6 Å². The highest BCUT2D eigenvalue weighted by Gasteiger charge is 2.35. The molecule has 2 aliphatic heterocycles. The SMILES string of the molecule is Cc1ccc(NC(=O)c2ccnc(C(C)(C)C#N)c2)cc1-c1nc2c(c(N3CCOCC3)n1)S(O)(O)CC2. The number of hydrogen-bond acceptors (Lipinski definition) is 9. The summed E-state index contributed by atoms with van der Waals surface area (Å²) in [5, 5.41) is 12.4. The molecular formula is C27H30N6O4S. The zero-order valence-electron chi connectivity index (χ0n) is 21.6. The van der Waals surface area contributed by atoms with Crippen LogP contribution in [0.2, 0.25) is 0 Å². The Morgan fingerprint density at radius 1 is 1.18 bits per heavy atom. The van der Waals surface area contributed by atoms with Crippen LogP contribution in [0.1, 0.15) is 41.2 Å². The highest BCUT2D eigenvalue weighted by Crippen LogP contribution is 2.58. The third-order valence-electron chi connectivity index (χ3n) is 6.86. The van der Waals surface area contributed by atoms with E-state index in [2.05, 4.69) is 16.4 Å². The zero-order chi connectivity index (χ0) is 27.1. The van der Waals surface area contributed by atoms with Crippen LogP contribution in [0.15, 0.2) is 41.4 Å². The number of amides is 1. The number of nitriles is 1. The molecule has 1 amide bonds. The zero-order valence-corrected chi connectivity index (χ0v) is 22.4. The lowest BCUT2D eigenvalue weighted by Crippen LogP contribution is -2.37. The third kappa shape index (κ3) is 4.96. The molecule has 0 radical (unpaired) electrons. The number of morpholine rings is 1. The minimum absolute atomic E-state index is 0.239. The Morgan fingerprint density at radius 3 is 2.68 bits per heavy atom. The number of nitrogens with one attached hydrogen (secondary N) is 1. The number of pyridine rings is 1. The summed E-state index contributed by atoms with van der Waals surface area (Å²) in [4.78, 5) is 29.4. The molecule has 0 atom stereocenters. The predicted octanol–water partition coefficient (Wildman–Crippen LogP) is 4.40. The van der Waals surface area contributed by atoms with E-state index in [-0.39, 0.29) is 11.7 Å². The number of carbonyl (C=O) groups excluding carboxylic acids is 1. The number of carbonyl (C=O) groups is 1. The van der Waals surface area contributed by atoms with Crippen LogP contribution in [-0.4, -0.2) is 62.0 Å². The topological polar surface area (TPSA) is 144 Å². The van der Waals surface area contributed by atoms with Crippen LogP contribution in [0.3, 0.4) is 0 Å². The van der Waals surface area contributed by atoms with E-state index in [4.69, 9.17) is 14.7 Å². The summed E-state index contributed by atoms with van der Waals surface area (Å²) in [6.07, 6.45) is 1.99. The van der Waals surface area contributed by atoms with Gasteiger partial charge in [-0.05, 0) is 50.6 Å². The van der Waals surface area contributed by atoms with E-state index in [1.165, 1.54) is 6.20 Å². The largest absolute Gasteiger partial charge is 0.378 e. The minimum Gasteiger partial charge on any atom is -0.378 e. The summed E-state index contributed by atoms with van der Waals surface area (Å²) >= 11 is 0. The quantitative estimate of drug-likeness (QED) is 0.434. The maximum absolute atomic E-state index is 13.1. The van der Waals surface area contributed by atoms with Crippen molar-refractivity contribution in [2.24, 2.45) is 0 Å². The normalized spacial score (nSPS) is 17.4. The predicted molar refractivity (Wildman–Crippen MR) is 146 cm³/mol. The van der Waals surface area contributed by atoms with Crippen LogP contribution in [-0.2, 0) is 16.6 Å². The molecular weight excluding hydrogens is 504 g/mol. The Hall–Kier alpha value is -3.56. The fourth-order valence-electron chi connectivity index (χ4n) is 4.55.